The smallest absolute Gasteiger partial charge is 0.235 e. The summed E-state index contributed by atoms with van der Waals surface area (Å²) >= 11 is 0. The highest BCUT2D eigenvalue weighted by Crippen LogP contribution is 2.22. The van der Waals surface area contributed by atoms with Gasteiger partial charge in [-0.25, -0.2) is 8.42 Å². The summed E-state index contributed by atoms with van der Waals surface area (Å²) in [5, 5.41) is -0.457. The molecule has 0 saturated carbocycles. The van der Waals surface area contributed by atoms with Crippen molar-refractivity contribution in [3.63, 3.8) is 0 Å². The lowest BCUT2D eigenvalue weighted by molar-refractivity contribution is 0.0984. The minimum Gasteiger partial charge on any atom is -0.381 e. The van der Waals surface area contributed by atoms with Crippen LogP contribution in [0.25, 0.3) is 0 Å². The summed E-state index contributed by atoms with van der Waals surface area (Å²) in [5.74, 6) is -0.162. The number of nitrogens with one attached hydrogen (secondary N) is 1. The van der Waals surface area contributed by atoms with Crippen molar-refractivity contribution in [2.24, 2.45) is 0 Å². The van der Waals surface area contributed by atoms with Gasteiger partial charge in [0.1, 0.15) is 0 Å². The lowest BCUT2D eigenvalue weighted by atomic mass is 10.1. The Bertz CT molecular complexity index is 562. The van der Waals surface area contributed by atoms with Crippen molar-refractivity contribution in [1.29, 1.82) is 0 Å². The molecule has 0 bridgehead atoms. The number of hydrogen-bond acceptors (Lipinski definition) is 4. The van der Waals surface area contributed by atoms with Crippen LogP contribution >= 0.6 is 0 Å². The molecule has 1 aliphatic heterocycles. The van der Waals surface area contributed by atoms with E-state index in [0.717, 1.165) is 0 Å². The normalized spacial score (nSPS) is 17.1. The maximum absolute atomic E-state index is 12.3. The van der Waals surface area contributed by atoms with Crippen molar-refractivity contribution >= 4 is 21.5 Å². The highest BCUT2D eigenvalue weighted by Gasteiger charge is 2.28. The van der Waals surface area contributed by atoms with E-state index in [1.807, 2.05) is 0 Å². The summed E-state index contributed by atoms with van der Waals surface area (Å²) in [6, 6.07) is 6.63. The molecular formula is C13H17NO4S. The number of hydrogen-bond donors (Lipinski definition) is 1. The first kappa shape index (κ1) is 14.0. The van der Waals surface area contributed by atoms with Gasteiger partial charge in [0.05, 0.1) is 10.9 Å². The van der Waals surface area contributed by atoms with E-state index in [0.29, 0.717) is 37.3 Å². The van der Waals surface area contributed by atoms with Crippen LogP contribution in [0.5, 0.6) is 0 Å². The van der Waals surface area contributed by atoms with Crippen molar-refractivity contribution in [2.45, 2.75) is 25.0 Å². The standard InChI is InChI=1S/C13H17NO4S/c1-10(15)12-4-2-3-5-13(12)14-19(16,17)11-6-8-18-9-7-11/h2-5,11,14H,6-9H2,1H3. The molecule has 0 radical (unpaired) electrons. The molecule has 1 aromatic rings. The Hall–Kier alpha value is -1.40. The third kappa shape index (κ3) is 3.33. The molecule has 19 heavy (non-hydrogen) atoms. The van der Waals surface area contributed by atoms with Crippen LogP contribution < -0.4 is 4.72 Å². The summed E-state index contributed by atoms with van der Waals surface area (Å²) in [6.07, 6.45) is 0.967. The van der Waals surface area contributed by atoms with Crippen molar-refractivity contribution in [3.05, 3.63) is 29.8 Å². The Morgan fingerprint density at radius 3 is 2.53 bits per heavy atom. The Kier molecular flexibility index (Phi) is 4.21. The molecule has 0 amide bonds. The second kappa shape index (κ2) is 5.71. The Morgan fingerprint density at radius 1 is 1.26 bits per heavy atom. The van der Waals surface area contributed by atoms with Crippen LogP contribution in [-0.2, 0) is 14.8 Å². The fraction of sp³-hybridized carbons (Fsp3) is 0.462. The van der Waals surface area contributed by atoms with Gasteiger partial charge >= 0.3 is 0 Å². The number of Topliss-reactive ketones (excluding diaryl/α,β-unsaturated/α-hetero) is 1. The van der Waals surface area contributed by atoms with Gasteiger partial charge in [0, 0.05) is 18.8 Å². The van der Waals surface area contributed by atoms with Crippen LogP contribution in [0.2, 0.25) is 0 Å². The Labute approximate surface area is 113 Å². The summed E-state index contributed by atoms with van der Waals surface area (Å²) < 4.78 is 32.2. The summed E-state index contributed by atoms with van der Waals surface area (Å²) in [7, 11) is -3.47. The summed E-state index contributed by atoms with van der Waals surface area (Å²) in [6.45, 7) is 2.33. The fourth-order valence-corrected chi connectivity index (χ4v) is 3.57. The molecule has 1 aliphatic rings. The first-order valence-electron chi connectivity index (χ1n) is 6.20. The summed E-state index contributed by atoms with van der Waals surface area (Å²) in [5.41, 5.74) is 0.736. The molecule has 104 valence electrons. The van der Waals surface area contributed by atoms with Gasteiger partial charge < -0.3 is 4.74 Å². The zero-order valence-electron chi connectivity index (χ0n) is 10.8. The van der Waals surface area contributed by atoms with Crippen LogP contribution in [0.1, 0.15) is 30.1 Å². The minimum atomic E-state index is -3.47. The zero-order chi connectivity index (χ0) is 13.9. The monoisotopic (exact) mass is 283 g/mol. The molecule has 1 aromatic carbocycles. The molecule has 0 unspecified atom stereocenters. The van der Waals surface area contributed by atoms with E-state index in [1.54, 1.807) is 24.3 Å². The van der Waals surface area contributed by atoms with Crippen LogP contribution in [0.15, 0.2) is 24.3 Å². The van der Waals surface area contributed by atoms with E-state index < -0.39 is 15.3 Å². The molecule has 6 heteroatoms. The largest absolute Gasteiger partial charge is 0.381 e. The molecule has 0 spiro atoms. The summed E-state index contributed by atoms with van der Waals surface area (Å²) in [4.78, 5) is 11.5. The Balaban J connectivity index is 2.22. The second-order valence-electron chi connectivity index (χ2n) is 4.56. The van der Waals surface area contributed by atoms with Gasteiger partial charge in [-0.3, -0.25) is 9.52 Å². The molecule has 0 aliphatic carbocycles. The van der Waals surface area contributed by atoms with Gasteiger partial charge in [-0.15, -0.1) is 0 Å². The fourth-order valence-electron chi connectivity index (χ4n) is 2.10. The number of carbonyl (C=O) groups excluding carboxylic acids is 1. The average molecular weight is 283 g/mol. The van der Waals surface area contributed by atoms with Crippen LogP contribution in [-0.4, -0.2) is 32.7 Å². The maximum Gasteiger partial charge on any atom is 0.235 e. The van der Waals surface area contributed by atoms with Gasteiger partial charge in [0.25, 0.3) is 0 Å². The topological polar surface area (TPSA) is 72.5 Å². The van der Waals surface area contributed by atoms with Gasteiger partial charge in [0.2, 0.25) is 10.0 Å². The predicted octanol–water partition coefficient (Wildman–Crippen LogP) is 1.81. The van der Waals surface area contributed by atoms with E-state index in [4.69, 9.17) is 4.74 Å². The number of ether oxygens (including phenoxy) is 1. The quantitative estimate of drug-likeness (QED) is 0.855. The third-order valence-electron chi connectivity index (χ3n) is 3.17. The van der Waals surface area contributed by atoms with E-state index in [1.165, 1.54) is 6.92 Å². The molecular weight excluding hydrogens is 266 g/mol. The first-order valence-corrected chi connectivity index (χ1v) is 7.74. The first-order chi connectivity index (χ1) is 9.00. The molecule has 1 fully saturated rings. The number of benzene rings is 1. The van der Waals surface area contributed by atoms with Crippen molar-refractivity contribution in [2.75, 3.05) is 17.9 Å². The number of sulfonamides is 1. The third-order valence-corrected chi connectivity index (χ3v) is 5.02. The molecule has 0 aromatic heterocycles. The van der Waals surface area contributed by atoms with E-state index >= 15 is 0 Å². The maximum atomic E-state index is 12.3. The number of para-hydroxylation sites is 1. The predicted molar refractivity (Wildman–Crippen MR) is 72.8 cm³/mol. The van der Waals surface area contributed by atoms with Gasteiger partial charge in [-0.2, -0.15) is 0 Å². The SMILES string of the molecule is CC(=O)c1ccccc1NS(=O)(=O)C1CCOCC1. The second-order valence-corrected chi connectivity index (χ2v) is 6.52. The lowest BCUT2D eigenvalue weighted by Gasteiger charge is -2.23. The molecule has 5 nitrogen and oxygen atoms in total. The van der Waals surface area contributed by atoms with Gasteiger partial charge in [-0.05, 0) is 31.9 Å². The van der Waals surface area contributed by atoms with Crippen LogP contribution in [0.3, 0.4) is 0 Å². The van der Waals surface area contributed by atoms with Crippen molar-refractivity contribution in [1.82, 2.24) is 0 Å². The number of carbonyl (C=O) groups is 1. The van der Waals surface area contributed by atoms with E-state index in [-0.39, 0.29) is 5.78 Å². The Morgan fingerprint density at radius 2 is 1.89 bits per heavy atom. The van der Waals surface area contributed by atoms with E-state index in [2.05, 4.69) is 4.72 Å². The average Bonchev–Trinajstić information content (AvgIpc) is 2.39. The van der Waals surface area contributed by atoms with Crippen molar-refractivity contribution < 1.29 is 17.9 Å². The molecule has 1 saturated heterocycles. The molecule has 2 rings (SSSR count). The van der Waals surface area contributed by atoms with E-state index in [9.17, 15) is 13.2 Å². The minimum absolute atomic E-state index is 0.162. The highest BCUT2D eigenvalue weighted by molar-refractivity contribution is 7.93. The van der Waals surface area contributed by atoms with Gasteiger partial charge in [0.15, 0.2) is 5.78 Å². The number of ketones is 1. The number of anilines is 1. The highest BCUT2D eigenvalue weighted by atomic mass is 32.2. The lowest BCUT2D eigenvalue weighted by Crippen LogP contribution is -2.33. The molecule has 1 N–H and O–H groups in total. The number of rotatable bonds is 4. The molecule has 0 atom stereocenters. The molecule has 1 heterocycles. The van der Waals surface area contributed by atoms with Gasteiger partial charge in [-0.1, -0.05) is 12.1 Å². The zero-order valence-corrected chi connectivity index (χ0v) is 11.6. The van der Waals surface area contributed by atoms with Crippen LogP contribution in [0, 0.1) is 0 Å². The van der Waals surface area contributed by atoms with Crippen LogP contribution in [0.4, 0.5) is 5.69 Å². The van der Waals surface area contributed by atoms with Crippen molar-refractivity contribution in [3.8, 4) is 0 Å².